The second kappa shape index (κ2) is 8.07. The summed E-state index contributed by atoms with van der Waals surface area (Å²) in [6.45, 7) is 0. The quantitative estimate of drug-likeness (QED) is 0.342. The van der Waals surface area contributed by atoms with Crippen LogP contribution in [0.1, 0.15) is 9.67 Å². The Morgan fingerprint density at radius 1 is 1.00 bits per heavy atom. The van der Waals surface area contributed by atoms with Crippen LogP contribution in [0, 0.1) is 0 Å². The van der Waals surface area contributed by atoms with E-state index in [9.17, 15) is 4.79 Å². The van der Waals surface area contributed by atoms with Crippen LogP contribution in [0.25, 0.3) is 32.7 Å². The van der Waals surface area contributed by atoms with Gasteiger partial charge >= 0.3 is 0 Å². The number of halogens is 1. The Labute approximate surface area is 190 Å². The van der Waals surface area contributed by atoms with Crippen LogP contribution in [0.4, 0.5) is 10.8 Å². The van der Waals surface area contributed by atoms with Gasteiger partial charge in [-0.2, -0.15) is 0 Å². The average Bonchev–Trinajstić information content (AvgIpc) is 3.39. The maximum absolute atomic E-state index is 12.9. The van der Waals surface area contributed by atoms with E-state index >= 15 is 0 Å². The minimum Gasteiger partial charge on any atom is -0.397 e. The van der Waals surface area contributed by atoms with Crippen molar-refractivity contribution in [2.75, 3.05) is 11.1 Å². The van der Waals surface area contributed by atoms with Crippen LogP contribution in [0.5, 0.6) is 0 Å². The summed E-state index contributed by atoms with van der Waals surface area (Å²) in [6.07, 6.45) is 3.43. The van der Waals surface area contributed by atoms with Gasteiger partial charge in [-0.3, -0.25) is 15.1 Å². The summed E-state index contributed by atoms with van der Waals surface area (Å²) in [4.78, 5) is 27.2. The SMILES string of the molecule is Nc1c(C(=O)Nc2nc(-c3cccnc3)cs2)sc2nc(-c3ccc(Cl)cc3)ccc12. The van der Waals surface area contributed by atoms with Crippen LogP contribution in [0.3, 0.4) is 0 Å². The van der Waals surface area contributed by atoms with Gasteiger partial charge in [-0.1, -0.05) is 23.7 Å². The molecule has 0 bridgehead atoms. The average molecular weight is 464 g/mol. The van der Waals surface area contributed by atoms with Gasteiger partial charge in [-0.25, -0.2) is 9.97 Å². The minimum atomic E-state index is -0.305. The van der Waals surface area contributed by atoms with Gasteiger partial charge in [-0.05, 0) is 36.4 Å². The van der Waals surface area contributed by atoms with Gasteiger partial charge in [-0.15, -0.1) is 22.7 Å². The maximum Gasteiger partial charge on any atom is 0.269 e. The molecule has 31 heavy (non-hydrogen) atoms. The lowest BCUT2D eigenvalue weighted by Crippen LogP contribution is -2.11. The normalized spacial score (nSPS) is 11.0. The van der Waals surface area contributed by atoms with Crippen molar-refractivity contribution < 1.29 is 4.79 Å². The lowest BCUT2D eigenvalue weighted by atomic mass is 10.1. The Balaban J connectivity index is 1.42. The number of thiazole rings is 1. The Bertz CT molecular complexity index is 1400. The number of nitrogen functional groups attached to an aromatic ring is 1. The maximum atomic E-state index is 12.9. The standard InChI is InChI=1S/C22H14ClN5OS2/c23-14-5-3-12(4-6-14)16-8-7-15-18(24)19(31-21(15)26-16)20(29)28-22-27-17(11-30-22)13-2-1-9-25-10-13/h1-11H,24H2,(H,27,28,29). The van der Waals surface area contributed by atoms with Crippen molar-refractivity contribution in [3.05, 3.63) is 76.2 Å². The highest BCUT2D eigenvalue weighted by Gasteiger charge is 2.19. The van der Waals surface area contributed by atoms with E-state index in [1.54, 1.807) is 12.4 Å². The molecule has 0 saturated heterocycles. The molecule has 9 heteroatoms. The van der Waals surface area contributed by atoms with E-state index in [0.29, 0.717) is 25.5 Å². The zero-order valence-corrected chi connectivity index (χ0v) is 18.3. The first-order valence-electron chi connectivity index (χ1n) is 9.21. The van der Waals surface area contributed by atoms with Crippen LogP contribution in [0.15, 0.2) is 66.3 Å². The van der Waals surface area contributed by atoms with Crippen LogP contribution < -0.4 is 11.1 Å². The highest BCUT2D eigenvalue weighted by Crippen LogP contribution is 2.35. The Morgan fingerprint density at radius 2 is 1.84 bits per heavy atom. The van der Waals surface area contributed by atoms with Crippen molar-refractivity contribution in [1.82, 2.24) is 15.0 Å². The molecule has 0 saturated carbocycles. The Hall–Kier alpha value is -3.33. The molecule has 0 radical (unpaired) electrons. The number of carbonyl (C=O) groups is 1. The summed E-state index contributed by atoms with van der Waals surface area (Å²) in [6, 6.07) is 15.0. The monoisotopic (exact) mass is 463 g/mol. The molecule has 0 aliphatic carbocycles. The van der Waals surface area contributed by atoms with E-state index < -0.39 is 0 Å². The highest BCUT2D eigenvalue weighted by atomic mass is 35.5. The summed E-state index contributed by atoms with van der Waals surface area (Å²) in [5.74, 6) is -0.305. The minimum absolute atomic E-state index is 0.305. The number of pyridine rings is 2. The number of rotatable bonds is 4. The molecule has 4 aromatic heterocycles. The number of hydrogen-bond acceptors (Lipinski definition) is 7. The summed E-state index contributed by atoms with van der Waals surface area (Å²) in [7, 11) is 0. The Morgan fingerprint density at radius 3 is 2.61 bits per heavy atom. The third-order valence-electron chi connectivity index (χ3n) is 4.62. The molecule has 3 N–H and O–H groups in total. The topological polar surface area (TPSA) is 93.8 Å². The number of thiophene rings is 1. The van der Waals surface area contributed by atoms with Crippen molar-refractivity contribution in [1.29, 1.82) is 0 Å². The zero-order chi connectivity index (χ0) is 21.4. The number of anilines is 2. The molecule has 1 aromatic carbocycles. The smallest absolute Gasteiger partial charge is 0.269 e. The molecule has 152 valence electrons. The summed E-state index contributed by atoms with van der Waals surface area (Å²) in [5, 5.41) is 6.63. The van der Waals surface area contributed by atoms with Crippen LogP contribution in [-0.4, -0.2) is 20.9 Å². The van der Waals surface area contributed by atoms with Crippen LogP contribution in [0.2, 0.25) is 5.02 Å². The lowest BCUT2D eigenvalue weighted by Gasteiger charge is -2.01. The van der Waals surface area contributed by atoms with Gasteiger partial charge in [0.05, 0.1) is 17.1 Å². The van der Waals surface area contributed by atoms with Crippen molar-refractivity contribution in [3.8, 4) is 22.5 Å². The third kappa shape index (κ3) is 3.88. The van der Waals surface area contributed by atoms with Gasteiger partial charge in [0.25, 0.3) is 5.91 Å². The molecule has 1 amide bonds. The van der Waals surface area contributed by atoms with E-state index in [1.165, 1.54) is 22.7 Å². The van der Waals surface area contributed by atoms with Crippen molar-refractivity contribution in [3.63, 3.8) is 0 Å². The highest BCUT2D eigenvalue weighted by molar-refractivity contribution is 7.21. The molecule has 5 rings (SSSR count). The molecule has 0 atom stereocenters. The lowest BCUT2D eigenvalue weighted by molar-refractivity contribution is 0.103. The van der Waals surface area contributed by atoms with E-state index in [1.807, 2.05) is 53.9 Å². The molecule has 6 nitrogen and oxygen atoms in total. The Kier molecular flexibility index (Phi) is 5.11. The number of amides is 1. The molecule has 0 spiro atoms. The second-order valence-electron chi connectivity index (χ2n) is 6.63. The number of benzene rings is 1. The zero-order valence-electron chi connectivity index (χ0n) is 15.9. The number of aromatic nitrogens is 3. The van der Waals surface area contributed by atoms with Gasteiger partial charge in [0, 0.05) is 39.3 Å². The first kappa shape index (κ1) is 19.6. The van der Waals surface area contributed by atoms with Crippen molar-refractivity contribution >= 4 is 61.2 Å². The molecule has 0 aliphatic rings. The molecule has 0 fully saturated rings. The van der Waals surface area contributed by atoms with Crippen molar-refractivity contribution in [2.24, 2.45) is 0 Å². The molecular weight excluding hydrogens is 450 g/mol. The number of hydrogen-bond donors (Lipinski definition) is 2. The van der Waals surface area contributed by atoms with Gasteiger partial charge < -0.3 is 5.73 Å². The largest absolute Gasteiger partial charge is 0.397 e. The molecule has 4 heterocycles. The number of carbonyl (C=O) groups excluding carboxylic acids is 1. The number of fused-ring (bicyclic) bond motifs is 1. The van der Waals surface area contributed by atoms with E-state index in [0.717, 1.165) is 27.9 Å². The van der Waals surface area contributed by atoms with Gasteiger partial charge in [0.15, 0.2) is 5.13 Å². The number of nitrogens with zero attached hydrogens (tertiary/aromatic N) is 3. The fraction of sp³-hybridized carbons (Fsp3) is 0. The third-order valence-corrected chi connectivity index (χ3v) is 6.75. The predicted octanol–water partition coefficient (Wildman–Crippen LogP) is 5.97. The van der Waals surface area contributed by atoms with Gasteiger partial charge in [0.1, 0.15) is 9.71 Å². The fourth-order valence-electron chi connectivity index (χ4n) is 3.08. The van der Waals surface area contributed by atoms with Crippen LogP contribution in [-0.2, 0) is 0 Å². The molecule has 5 aromatic rings. The van der Waals surface area contributed by atoms with Crippen LogP contribution >= 0.6 is 34.3 Å². The number of nitrogens with one attached hydrogen (secondary N) is 1. The summed E-state index contributed by atoms with van der Waals surface area (Å²) < 4.78 is 0. The summed E-state index contributed by atoms with van der Waals surface area (Å²) >= 11 is 8.58. The molecule has 0 unspecified atom stereocenters. The molecular formula is C22H14ClN5OS2. The fourth-order valence-corrected chi connectivity index (χ4v) is 4.91. The predicted molar refractivity (Wildman–Crippen MR) is 128 cm³/mol. The van der Waals surface area contributed by atoms with Gasteiger partial charge in [0.2, 0.25) is 0 Å². The number of nitrogens with two attached hydrogens (primary N) is 1. The first-order valence-corrected chi connectivity index (χ1v) is 11.3. The summed E-state index contributed by atoms with van der Waals surface area (Å²) in [5.41, 5.74) is 10.1. The molecule has 0 aliphatic heterocycles. The van der Waals surface area contributed by atoms with E-state index in [-0.39, 0.29) is 5.91 Å². The van der Waals surface area contributed by atoms with Crippen molar-refractivity contribution in [2.45, 2.75) is 0 Å². The first-order chi connectivity index (χ1) is 15.1. The van der Waals surface area contributed by atoms with E-state index in [2.05, 4.69) is 20.3 Å². The van der Waals surface area contributed by atoms with E-state index in [4.69, 9.17) is 17.3 Å². The second-order valence-corrected chi connectivity index (χ2v) is 8.93.